The molecular weight excluding hydrogens is 322 g/mol. The number of carbonyl (C=O) groups is 1. The molecule has 2 aromatic rings. The minimum Gasteiger partial charge on any atom is -0.346 e. The Hall–Kier alpha value is -2.14. The average Bonchev–Trinajstić information content (AvgIpc) is 2.52. The lowest BCUT2D eigenvalue weighted by atomic mass is 9.72. The van der Waals surface area contributed by atoms with Gasteiger partial charge in [-0.3, -0.25) is 4.79 Å². The van der Waals surface area contributed by atoms with Crippen LogP contribution in [0, 0.1) is 6.92 Å². The van der Waals surface area contributed by atoms with Crippen molar-refractivity contribution in [1.29, 1.82) is 0 Å². The smallest absolute Gasteiger partial charge is 0.236 e. The van der Waals surface area contributed by atoms with E-state index in [1.165, 1.54) is 0 Å². The van der Waals surface area contributed by atoms with Crippen molar-refractivity contribution >= 4 is 15.7 Å². The highest BCUT2D eigenvalue weighted by molar-refractivity contribution is 7.92. The molecule has 0 radical (unpaired) electrons. The molecule has 4 nitrogen and oxygen atoms in total. The second-order valence-corrected chi connectivity index (χ2v) is 8.41. The van der Waals surface area contributed by atoms with E-state index in [1.54, 1.807) is 24.3 Å². The highest BCUT2D eigenvalue weighted by Crippen LogP contribution is 2.41. The van der Waals surface area contributed by atoms with Gasteiger partial charge in [0.25, 0.3) is 0 Å². The van der Waals surface area contributed by atoms with Crippen molar-refractivity contribution in [2.75, 3.05) is 5.75 Å². The van der Waals surface area contributed by atoms with E-state index in [4.69, 9.17) is 0 Å². The zero-order valence-corrected chi connectivity index (χ0v) is 14.5. The summed E-state index contributed by atoms with van der Waals surface area (Å²) < 4.78 is 24.8. The fourth-order valence-electron chi connectivity index (χ4n) is 3.08. The molecule has 0 saturated heterocycles. The first-order chi connectivity index (χ1) is 11.4. The van der Waals surface area contributed by atoms with Gasteiger partial charge in [-0.1, -0.05) is 48.0 Å². The third-order valence-electron chi connectivity index (χ3n) is 4.61. The normalized spacial score (nSPS) is 16.2. The summed E-state index contributed by atoms with van der Waals surface area (Å²) >= 11 is 0. The highest BCUT2D eigenvalue weighted by Gasteiger charge is 2.40. The summed E-state index contributed by atoms with van der Waals surface area (Å²) in [5, 5.41) is 2.97. The minimum absolute atomic E-state index is 0.186. The third-order valence-corrected chi connectivity index (χ3v) is 6.25. The molecule has 0 spiro atoms. The Morgan fingerprint density at radius 1 is 1.04 bits per heavy atom. The SMILES string of the molecule is Cc1ccc(S(=O)(=O)CC(=O)NC2(c3ccccc3)CCC2)cc1. The molecule has 5 heteroatoms. The lowest BCUT2D eigenvalue weighted by molar-refractivity contribution is -0.121. The summed E-state index contributed by atoms with van der Waals surface area (Å²) in [5.41, 5.74) is 1.61. The van der Waals surface area contributed by atoms with E-state index in [2.05, 4.69) is 5.32 Å². The van der Waals surface area contributed by atoms with Gasteiger partial charge in [0.05, 0.1) is 10.4 Å². The van der Waals surface area contributed by atoms with Crippen molar-refractivity contribution in [3.05, 3.63) is 65.7 Å². The number of nitrogens with one attached hydrogen (secondary N) is 1. The van der Waals surface area contributed by atoms with Crippen LogP contribution in [0.3, 0.4) is 0 Å². The minimum atomic E-state index is -3.63. The topological polar surface area (TPSA) is 63.2 Å². The van der Waals surface area contributed by atoms with Crippen molar-refractivity contribution in [3.63, 3.8) is 0 Å². The van der Waals surface area contributed by atoms with Crippen LogP contribution in [-0.2, 0) is 20.2 Å². The van der Waals surface area contributed by atoms with Crippen LogP contribution in [0.2, 0.25) is 0 Å². The van der Waals surface area contributed by atoms with E-state index in [1.807, 2.05) is 37.3 Å². The number of sulfone groups is 1. The predicted octanol–water partition coefficient (Wildman–Crippen LogP) is 2.96. The maximum absolute atomic E-state index is 12.4. The largest absolute Gasteiger partial charge is 0.346 e. The highest BCUT2D eigenvalue weighted by atomic mass is 32.2. The Kier molecular flexibility index (Phi) is 4.45. The molecule has 0 atom stereocenters. The van der Waals surface area contributed by atoms with Crippen LogP contribution in [-0.4, -0.2) is 20.1 Å². The fourth-order valence-corrected chi connectivity index (χ4v) is 4.21. The van der Waals surface area contributed by atoms with Crippen LogP contribution in [0.25, 0.3) is 0 Å². The molecule has 0 heterocycles. The molecule has 2 aromatic carbocycles. The van der Waals surface area contributed by atoms with Crippen molar-refractivity contribution in [3.8, 4) is 0 Å². The molecule has 0 aliphatic heterocycles. The molecule has 1 aliphatic rings. The molecule has 24 heavy (non-hydrogen) atoms. The molecule has 1 N–H and O–H groups in total. The second kappa shape index (κ2) is 6.40. The van der Waals surface area contributed by atoms with E-state index in [0.717, 1.165) is 30.4 Å². The third kappa shape index (κ3) is 3.36. The van der Waals surface area contributed by atoms with Crippen molar-refractivity contribution in [2.24, 2.45) is 0 Å². The van der Waals surface area contributed by atoms with Gasteiger partial charge < -0.3 is 5.32 Å². The maximum Gasteiger partial charge on any atom is 0.236 e. The molecule has 1 saturated carbocycles. The van der Waals surface area contributed by atoms with E-state index < -0.39 is 27.0 Å². The number of hydrogen-bond acceptors (Lipinski definition) is 3. The first kappa shape index (κ1) is 16.7. The van der Waals surface area contributed by atoms with Crippen LogP contribution in [0.5, 0.6) is 0 Å². The van der Waals surface area contributed by atoms with E-state index in [0.29, 0.717) is 0 Å². The molecule has 1 amide bonds. The molecule has 0 unspecified atom stereocenters. The molecule has 1 aliphatic carbocycles. The van der Waals surface area contributed by atoms with Gasteiger partial charge in [-0.25, -0.2) is 8.42 Å². The van der Waals surface area contributed by atoms with Crippen LogP contribution in [0.15, 0.2) is 59.5 Å². The monoisotopic (exact) mass is 343 g/mol. The van der Waals surface area contributed by atoms with Gasteiger partial charge in [-0.15, -0.1) is 0 Å². The molecule has 0 bridgehead atoms. The lowest BCUT2D eigenvalue weighted by Gasteiger charge is -2.43. The summed E-state index contributed by atoms with van der Waals surface area (Å²) in [4.78, 5) is 12.6. The van der Waals surface area contributed by atoms with Gasteiger partial charge in [0.1, 0.15) is 5.75 Å². The van der Waals surface area contributed by atoms with E-state index in [-0.39, 0.29) is 4.90 Å². The summed E-state index contributed by atoms with van der Waals surface area (Å²) in [5.74, 6) is -0.968. The van der Waals surface area contributed by atoms with Gasteiger partial charge >= 0.3 is 0 Å². The van der Waals surface area contributed by atoms with Crippen LogP contribution in [0.1, 0.15) is 30.4 Å². The second-order valence-electron chi connectivity index (χ2n) is 6.42. The summed E-state index contributed by atoms with van der Waals surface area (Å²) in [7, 11) is -3.63. The zero-order valence-electron chi connectivity index (χ0n) is 13.7. The summed E-state index contributed by atoms with van der Waals surface area (Å²) in [6.07, 6.45) is 2.71. The number of benzene rings is 2. The van der Waals surface area contributed by atoms with Crippen molar-refractivity contribution in [2.45, 2.75) is 36.6 Å². The molecule has 126 valence electrons. The predicted molar refractivity (Wildman–Crippen MR) is 93.3 cm³/mol. The van der Waals surface area contributed by atoms with Gasteiger partial charge in [-0.2, -0.15) is 0 Å². The first-order valence-corrected chi connectivity index (χ1v) is 9.73. The maximum atomic E-state index is 12.4. The van der Waals surface area contributed by atoms with Crippen LogP contribution in [0.4, 0.5) is 0 Å². The number of amides is 1. The number of aryl methyl sites for hydroxylation is 1. The summed E-state index contributed by atoms with van der Waals surface area (Å²) in [6.45, 7) is 1.89. The van der Waals surface area contributed by atoms with E-state index >= 15 is 0 Å². The number of rotatable bonds is 5. The molecule has 1 fully saturated rings. The Morgan fingerprint density at radius 3 is 2.21 bits per heavy atom. The van der Waals surface area contributed by atoms with Gasteiger partial charge in [0.2, 0.25) is 5.91 Å². The Labute approximate surface area is 142 Å². The first-order valence-electron chi connectivity index (χ1n) is 8.07. The summed E-state index contributed by atoms with van der Waals surface area (Å²) in [6, 6.07) is 16.3. The Bertz CT molecular complexity index is 823. The van der Waals surface area contributed by atoms with Crippen molar-refractivity contribution < 1.29 is 13.2 Å². The fraction of sp³-hybridized carbons (Fsp3) is 0.316. The zero-order chi connectivity index (χ0) is 17.2. The lowest BCUT2D eigenvalue weighted by Crippen LogP contribution is -2.52. The van der Waals surface area contributed by atoms with Crippen LogP contribution < -0.4 is 5.32 Å². The molecular formula is C19H21NO3S. The molecule has 3 rings (SSSR count). The Balaban J connectivity index is 1.74. The van der Waals surface area contributed by atoms with Crippen LogP contribution >= 0.6 is 0 Å². The number of carbonyl (C=O) groups excluding carboxylic acids is 1. The van der Waals surface area contributed by atoms with Gasteiger partial charge in [-0.05, 0) is 43.9 Å². The quantitative estimate of drug-likeness (QED) is 0.908. The van der Waals surface area contributed by atoms with Crippen molar-refractivity contribution in [1.82, 2.24) is 5.32 Å². The average molecular weight is 343 g/mol. The van der Waals surface area contributed by atoms with E-state index in [9.17, 15) is 13.2 Å². The standard InChI is InChI=1S/C19H21NO3S/c1-15-8-10-17(11-9-15)24(22,23)14-18(21)20-19(12-5-13-19)16-6-3-2-4-7-16/h2-4,6-11H,5,12-14H2,1H3,(H,20,21). The Morgan fingerprint density at radius 2 is 1.67 bits per heavy atom. The number of hydrogen-bond donors (Lipinski definition) is 1. The van der Waals surface area contributed by atoms with Gasteiger partial charge in [0, 0.05) is 0 Å². The van der Waals surface area contributed by atoms with Gasteiger partial charge in [0.15, 0.2) is 9.84 Å². The molecule has 0 aromatic heterocycles.